The fourth-order valence-electron chi connectivity index (χ4n) is 2.37. The summed E-state index contributed by atoms with van der Waals surface area (Å²) in [7, 11) is 1.79. The molecular formula is C13H21N3O. The van der Waals surface area contributed by atoms with Gasteiger partial charge in [0.15, 0.2) is 0 Å². The first kappa shape index (κ1) is 12.3. The first-order valence-corrected chi connectivity index (χ1v) is 6.12. The average molecular weight is 235 g/mol. The van der Waals surface area contributed by atoms with Crippen LogP contribution in [0.1, 0.15) is 25.5 Å². The number of pyridine rings is 1. The third-order valence-corrected chi connectivity index (χ3v) is 3.53. The number of rotatable bonds is 3. The smallest absolute Gasteiger partial charge is 0.0825 e. The van der Waals surface area contributed by atoms with Gasteiger partial charge < -0.3 is 15.4 Å². The molecule has 2 heterocycles. The number of methoxy groups -OCH3 is 1. The van der Waals surface area contributed by atoms with E-state index in [0.29, 0.717) is 6.54 Å². The molecule has 4 heteroatoms. The predicted molar refractivity (Wildman–Crippen MR) is 69.0 cm³/mol. The van der Waals surface area contributed by atoms with E-state index in [9.17, 15) is 0 Å². The van der Waals surface area contributed by atoms with Gasteiger partial charge in [-0.3, -0.25) is 4.98 Å². The first-order chi connectivity index (χ1) is 8.17. The molecule has 1 atom stereocenters. The number of piperidine rings is 1. The van der Waals surface area contributed by atoms with Crippen LogP contribution in [0.2, 0.25) is 0 Å². The Hall–Kier alpha value is -1.13. The van der Waals surface area contributed by atoms with Gasteiger partial charge in [-0.15, -0.1) is 0 Å². The number of nitrogens with two attached hydrogens (primary N) is 1. The molecule has 0 aliphatic carbocycles. The summed E-state index contributed by atoms with van der Waals surface area (Å²) in [6, 6.07) is 4.11. The molecule has 4 nitrogen and oxygen atoms in total. The van der Waals surface area contributed by atoms with E-state index in [-0.39, 0.29) is 5.60 Å². The average Bonchev–Trinajstić information content (AvgIpc) is 2.39. The van der Waals surface area contributed by atoms with Gasteiger partial charge in [0.1, 0.15) is 0 Å². The lowest BCUT2D eigenvalue weighted by Crippen LogP contribution is -2.47. The summed E-state index contributed by atoms with van der Waals surface area (Å²) >= 11 is 0. The second kappa shape index (κ2) is 5.02. The third-order valence-electron chi connectivity index (χ3n) is 3.53. The molecule has 1 aromatic rings. The molecular weight excluding hydrogens is 214 g/mol. The van der Waals surface area contributed by atoms with E-state index in [1.807, 2.05) is 12.3 Å². The molecule has 1 unspecified atom stereocenters. The van der Waals surface area contributed by atoms with Gasteiger partial charge in [0.05, 0.1) is 11.3 Å². The summed E-state index contributed by atoms with van der Waals surface area (Å²) < 4.78 is 5.60. The van der Waals surface area contributed by atoms with Crippen LogP contribution < -0.4 is 10.6 Å². The zero-order valence-corrected chi connectivity index (χ0v) is 10.6. The molecule has 1 aliphatic rings. The molecule has 0 saturated carbocycles. The lowest BCUT2D eigenvalue weighted by molar-refractivity contribution is -0.00466. The van der Waals surface area contributed by atoms with Gasteiger partial charge in [-0.1, -0.05) is 0 Å². The van der Waals surface area contributed by atoms with Gasteiger partial charge in [0.2, 0.25) is 0 Å². The van der Waals surface area contributed by atoms with Crippen molar-refractivity contribution in [2.24, 2.45) is 5.73 Å². The maximum absolute atomic E-state index is 5.62. The van der Waals surface area contributed by atoms with Crippen molar-refractivity contribution in [2.45, 2.75) is 31.9 Å². The Morgan fingerprint density at radius 3 is 3.12 bits per heavy atom. The highest BCUT2D eigenvalue weighted by Crippen LogP contribution is 2.27. The number of anilines is 1. The van der Waals surface area contributed by atoms with Crippen molar-refractivity contribution in [1.29, 1.82) is 0 Å². The normalized spacial score (nSPS) is 25.0. The van der Waals surface area contributed by atoms with Gasteiger partial charge in [-0.05, 0) is 31.9 Å². The van der Waals surface area contributed by atoms with Gasteiger partial charge in [0.25, 0.3) is 0 Å². The lowest BCUT2D eigenvalue weighted by atomic mass is 9.94. The Morgan fingerprint density at radius 2 is 2.41 bits per heavy atom. The zero-order chi connectivity index (χ0) is 12.3. The minimum absolute atomic E-state index is 0.0373. The van der Waals surface area contributed by atoms with Crippen molar-refractivity contribution in [3.63, 3.8) is 0 Å². The van der Waals surface area contributed by atoms with E-state index in [1.54, 1.807) is 7.11 Å². The quantitative estimate of drug-likeness (QED) is 0.863. The number of hydrogen-bond acceptors (Lipinski definition) is 4. The fourth-order valence-corrected chi connectivity index (χ4v) is 2.37. The Kier molecular flexibility index (Phi) is 3.64. The van der Waals surface area contributed by atoms with Crippen LogP contribution in [0.15, 0.2) is 18.3 Å². The molecule has 0 bridgehead atoms. The summed E-state index contributed by atoms with van der Waals surface area (Å²) in [6.07, 6.45) is 4.11. The first-order valence-electron chi connectivity index (χ1n) is 6.12. The summed E-state index contributed by atoms with van der Waals surface area (Å²) in [4.78, 5) is 6.58. The number of ether oxygens (including phenoxy) is 1. The van der Waals surface area contributed by atoms with Crippen LogP contribution >= 0.6 is 0 Å². The SMILES string of the molecule is COC1(C)CCCN(c2ccnc(CN)c2)C1. The summed E-state index contributed by atoms with van der Waals surface area (Å²) in [5.41, 5.74) is 7.72. The molecule has 94 valence electrons. The van der Waals surface area contributed by atoms with E-state index in [2.05, 4.69) is 22.9 Å². The molecule has 0 amide bonds. The van der Waals surface area contributed by atoms with Gasteiger partial charge >= 0.3 is 0 Å². The molecule has 1 fully saturated rings. The Bertz CT molecular complexity index is 383. The van der Waals surface area contributed by atoms with Crippen LogP contribution in [0.4, 0.5) is 5.69 Å². The van der Waals surface area contributed by atoms with Crippen LogP contribution in [0.3, 0.4) is 0 Å². The van der Waals surface area contributed by atoms with Crippen molar-refractivity contribution in [3.8, 4) is 0 Å². The van der Waals surface area contributed by atoms with E-state index in [4.69, 9.17) is 10.5 Å². The predicted octanol–water partition coefficient (Wildman–Crippen LogP) is 1.55. The number of nitrogens with zero attached hydrogens (tertiary/aromatic N) is 2. The summed E-state index contributed by atoms with van der Waals surface area (Å²) in [5, 5.41) is 0. The van der Waals surface area contributed by atoms with Gasteiger partial charge in [0, 0.05) is 38.6 Å². The van der Waals surface area contributed by atoms with E-state index < -0.39 is 0 Å². The van der Waals surface area contributed by atoms with Crippen LogP contribution in [0.25, 0.3) is 0 Å². The molecule has 2 rings (SSSR count). The maximum atomic E-state index is 5.62. The van der Waals surface area contributed by atoms with E-state index in [0.717, 1.165) is 31.6 Å². The van der Waals surface area contributed by atoms with Crippen LogP contribution in [0.5, 0.6) is 0 Å². The molecule has 17 heavy (non-hydrogen) atoms. The zero-order valence-electron chi connectivity index (χ0n) is 10.6. The van der Waals surface area contributed by atoms with Crippen molar-refractivity contribution < 1.29 is 4.74 Å². The molecule has 0 spiro atoms. The summed E-state index contributed by atoms with van der Waals surface area (Å²) in [5.74, 6) is 0. The maximum Gasteiger partial charge on any atom is 0.0825 e. The molecule has 2 N–H and O–H groups in total. The van der Waals surface area contributed by atoms with Gasteiger partial charge in [-0.2, -0.15) is 0 Å². The van der Waals surface area contributed by atoms with Gasteiger partial charge in [-0.25, -0.2) is 0 Å². The topological polar surface area (TPSA) is 51.4 Å². The van der Waals surface area contributed by atoms with Crippen molar-refractivity contribution in [3.05, 3.63) is 24.0 Å². The van der Waals surface area contributed by atoms with Crippen molar-refractivity contribution >= 4 is 5.69 Å². The Balaban J connectivity index is 2.16. The van der Waals surface area contributed by atoms with Crippen LogP contribution in [-0.2, 0) is 11.3 Å². The van der Waals surface area contributed by atoms with Crippen LogP contribution in [-0.4, -0.2) is 30.8 Å². The number of hydrogen-bond donors (Lipinski definition) is 1. The lowest BCUT2D eigenvalue weighted by Gasteiger charge is -2.40. The monoisotopic (exact) mass is 235 g/mol. The largest absolute Gasteiger partial charge is 0.377 e. The van der Waals surface area contributed by atoms with E-state index >= 15 is 0 Å². The molecule has 1 saturated heterocycles. The second-order valence-electron chi connectivity index (χ2n) is 4.89. The highest BCUT2D eigenvalue weighted by atomic mass is 16.5. The molecule has 1 aromatic heterocycles. The minimum atomic E-state index is -0.0373. The minimum Gasteiger partial charge on any atom is -0.377 e. The Morgan fingerprint density at radius 1 is 1.59 bits per heavy atom. The fraction of sp³-hybridized carbons (Fsp3) is 0.615. The van der Waals surface area contributed by atoms with E-state index in [1.165, 1.54) is 5.69 Å². The molecule has 0 radical (unpaired) electrons. The molecule has 1 aliphatic heterocycles. The highest BCUT2D eigenvalue weighted by molar-refractivity contribution is 5.47. The molecule has 0 aromatic carbocycles. The van der Waals surface area contributed by atoms with Crippen molar-refractivity contribution in [2.75, 3.05) is 25.1 Å². The highest BCUT2D eigenvalue weighted by Gasteiger charge is 2.30. The van der Waals surface area contributed by atoms with Crippen molar-refractivity contribution in [1.82, 2.24) is 4.98 Å². The van der Waals surface area contributed by atoms with Crippen LogP contribution in [0, 0.1) is 0 Å². The Labute approximate surface area is 103 Å². The standard InChI is InChI=1S/C13H21N3O/c1-13(17-2)5-3-7-16(10-13)12-4-6-15-11(8-12)9-14/h4,6,8H,3,5,7,9-10,14H2,1-2H3. The third kappa shape index (κ3) is 2.76. The summed E-state index contributed by atoms with van der Waals surface area (Å²) in [6.45, 7) is 4.66. The second-order valence-corrected chi connectivity index (χ2v) is 4.89. The number of aromatic nitrogens is 1.